The number of carbonyl (C=O) groups excluding carboxylic acids is 1. The number of rotatable bonds is 3. The van der Waals surface area contributed by atoms with Crippen molar-refractivity contribution in [1.29, 1.82) is 0 Å². The molecule has 0 fully saturated rings. The highest BCUT2D eigenvalue weighted by Gasteiger charge is 2.38. The van der Waals surface area contributed by atoms with Gasteiger partial charge in [0, 0.05) is 6.04 Å². The van der Waals surface area contributed by atoms with Crippen LogP contribution in [0.1, 0.15) is 54.4 Å². The fourth-order valence-corrected chi connectivity index (χ4v) is 2.36. The van der Waals surface area contributed by atoms with Crippen LogP contribution in [0.25, 0.3) is 0 Å². The Morgan fingerprint density at radius 3 is 2.00 bits per heavy atom. The van der Waals surface area contributed by atoms with Crippen molar-refractivity contribution in [2.24, 2.45) is 17.3 Å². The first-order valence-corrected chi connectivity index (χ1v) is 7.22. The maximum absolute atomic E-state index is 12.4. The van der Waals surface area contributed by atoms with Gasteiger partial charge in [-0.3, -0.25) is 9.59 Å². The molecule has 20 heavy (non-hydrogen) atoms. The maximum atomic E-state index is 12.4. The summed E-state index contributed by atoms with van der Waals surface area (Å²) in [7, 11) is 0. The number of amides is 1. The van der Waals surface area contributed by atoms with E-state index in [2.05, 4.69) is 26.1 Å². The van der Waals surface area contributed by atoms with Crippen molar-refractivity contribution in [3.8, 4) is 0 Å². The van der Waals surface area contributed by atoms with Gasteiger partial charge in [-0.25, -0.2) is 0 Å². The maximum Gasteiger partial charge on any atom is 0.307 e. The van der Waals surface area contributed by atoms with Crippen LogP contribution in [-0.2, 0) is 9.59 Å². The smallest absolute Gasteiger partial charge is 0.307 e. The highest BCUT2D eigenvalue weighted by molar-refractivity contribution is 5.85. The second kappa shape index (κ2) is 5.98. The van der Waals surface area contributed by atoms with Crippen LogP contribution in [0.15, 0.2) is 11.1 Å². The molecule has 2 N–H and O–H groups in total. The number of carboxylic acid groups (broad SMARTS) is 1. The summed E-state index contributed by atoms with van der Waals surface area (Å²) in [5.41, 5.74) is 2.21. The molecule has 0 bridgehead atoms. The number of hydrogen-bond acceptors (Lipinski definition) is 2. The molecule has 3 atom stereocenters. The summed E-state index contributed by atoms with van der Waals surface area (Å²) in [6, 6.07) is 0.0109. The Bertz CT molecular complexity index is 431. The van der Waals surface area contributed by atoms with Crippen molar-refractivity contribution in [1.82, 2.24) is 5.32 Å². The van der Waals surface area contributed by atoms with Gasteiger partial charge in [-0.15, -0.1) is 0 Å². The second-order valence-corrected chi connectivity index (χ2v) is 7.12. The summed E-state index contributed by atoms with van der Waals surface area (Å²) in [4.78, 5) is 23.8. The van der Waals surface area contributed by atoms with E-state index in [0.29, 0.717) is 12.8 Å². The average molecular weight is 281 g/mol. The molecule has 0 aromatic carbocycles. The monoisotopic (exact) mass is 281 g/mol. The van der Waals surface area contributed by atoms with Gasteiger partial charge in [0.2, 0.25) is 5.91 Å². The summed E-state index contributed by atoms with van der Waals surface area (Å²) in [5.74, 6) is -2.07. The van der Waals surface area contributed by atoms with Crippen LogP contribution in [0, 0.1) is 17.3 Å². The first-order chi connectivity index (χ1) is 9.04. The lowest BCUT2D eigenvalue weighted by molar-refractivity contribution is -0.147. The third kappa shape index (κ3) is 3.84. The Morgan fingerprint density at radius 1 is 1.15 bits per heavy atom. The number of nitrogens with one attached hydrogen (secondary N) is 1. The van der Waals surface area contributed by atoms with Crippen molar-refractivity contribution in [2.75, 3.05) is 0 Å². The van der Waals surface area contributed by atoms with Crippen molar-refractivity contribution < 1.29 is 14.7 Å². The first-order valence-electron chi connectivity index (χ1n) is 7.22. The highest BCUT2D eigenvalue weighted by atomic mass is 16.4. The lowest BCUT2D eigenvalue weighted by Gasteiger charge is -2.33. The lowest BCUT2D eigenvalue weighted by atomic mass is 9.75. The van der Waals surface area contributed by atoms with Crippen molar-refractivity contribution >= 4 is 11.9 Å². The summed E-state index contributed by atoms with van der Waals surface area (Å²) in [6.07, 6.45) is 1.02. The van der Waals surface area contributed by atoms with E-state index in [-0.39, 0.29) is 17.4 Å². The van der Waals surface area contributed by atoms with Gasteiger partial charge in [0.25, 0.3) is 0 Å². The molecule has 1 aliphatic carbocycles. The van der Waals surface area contributed by atoms with Gasteiger partial charge in [-0.05, 0) is 39.0 Å². The fraction of sp³-hybridized carbons (Fsp3) is 0.750. The van der Waals surface area contributed by atoms with Crippen molar-refractivity contribution in [3.05, 3.63) is 11.1 Å². The van der Waals surface area contributed by atoms with Crippen LogP contribution in [0.4, 0.5) is 0 Å². The third-order valence-corrected chi connectivity index (χ3v) is 4.58. The quantitative estimate of drug-likeness (QED) is 0.782. The van der Waals surface area contributed by atoms with Gasteiger partial charge in [0.15, 0.2) is 0 Å². The van der Waals surface area contributed by atoms with Gasteiger partial charge >= 0.3 is 5.97 Å². The van der Waals surface area contributed by atoms with E-state index in [1.54, 1.807) is 0 Å². The standard InChI is InChI=1S/C16H27NO3/c1-9-7-12(13(15(19)20)8-10(9)2)14(18)17-11(3)16(4,5)6/h11-13H,7-8H2,1-6H3,(H,17,18)(H,19,20)/t11-,12-,13+/m1/s1. The largest absolute Gasteiger partial charge is 0.481 e. The molecule has 0 unspecified atom stereocenters. The van der Waals surface area contributed by atoms with Crippen LogP contribution in [-0.4, -0.2) is 23.0 Å². The summed E-state index contributed by atoms with van der Waals surface area (Å²) in [5, 5.41) is 12.3. The summed E-state index contributed by atoms with van der Waals surface area (Å²) >= 11 is 0. The molecule has 0 radical (unpaired) electrons. The van der Waals surface area contributed by atoms with Gasteiger partial charge < -0.3 is 10.4 Å². The van der Waals surface area contributed by atoms with E-state index in [4.69, 9.17) is 0 Å². The molecular weight excluding hydrogens is 254 g/mol. The second-order valence-electron chi connectivity index (χ2n) is 7.12. The molecule has 0 saturated carbocycles. The zero-order valence-electron chi connectivity index (χ0n) is 13.4. The minimum absolute atomic E-state index is 0.0109. The number of hydrogen-bond donors (Lipinski definition) is 2. The molecule has 114 valence electrons. The number of allylic oxidation sites excluding steroid dienone is 2. The van der Waals surface area contributed by atoms with Crippen molar-refractivity contribution in [3.63, 3.8) is 0 Å². The molecule has 0 heterocycles. The highest BCUT2D eigenvalue weighted by Crippen LogP contribution is 2.34. The molecule has 0 aliphatic heterocycles. The zero-order valence-corrected chi connectivity index (χ0v) is 13.4. The average Bonchev–Trinajstić information content (AvgIpc) is 2.30. The Kier molecular flexibility index (Phi) is 5.00. The third-order valence-electron chi connectivity index (χ3n) is 4.58. The SMILES string of the molecule is CC1=C(C)C[C@@H](C(=O)N[C@H](C)C(C)(C)C)[C@@H](C(=O)O)C1. The normalized spacial score (nSPS) is 25.3. The Balaban J connectivity index is 2.87. The minimum Gasteiger partial charge on any atom is -0.481 e. The van der Waals surface area contributed by atoms with Crippen molar-refractivity contribution in [2.45, 2.75) is 60.4 Å². The molecule has 1 amide bonds. The Hall–Kier alpha value is -1.32. The number of carboxylic acids is 1. The first kappa shape index (κ1) is 16.7. The molecule has 0 saturated heterocycles. The zero-order chi connectivity index (χ0) is 15.7. The van der Waals surface area contributed by atoms with E-state index >= 15 is 0 Å². The minimum atomic E-state index is -0.875. The molecule has 0 aromatic heterocycles. The Morgan fingerprint density at radius 2 is 1.60 bits per heavy atom. The van der Waals surface area contributed by atoms with Crippen LogP contribution in [0.2, 0.25) is 0 Å². The van der Waals surface area contributed by atoms with Gasteiger partial charge in [-0.2, -0.15) is 0 Å². The van der Waals surface area contributed by atoms with E-state index in [1.807, 2.05) is 20.8 Å². The fourth-order valence-electron chi connectivity index (χ4n) is 2.36. The number of aliphatic carboxylic acids is 1. The van der Waals surface area contributed by atoms with Crippen LogP contribution < -0.4 is 5.32 Å². The Labute approximate surface area is 121 Å². The van der Waals surface area contributed by atoms with Crippen LogP contribution in [0.3, 0.4) is 0 Å². The van der Waals surface area contributed by atoms with Gasteiger partial charge in [0.1, 0.15) is 0 Å². The van der Waals surface area contributed by atoms with Gasteiger partial charge in [-0.1, -0.05) is 31.9 Å². The van der Waals surface area contributed by atoms with Crippen LogP contribution in [0.5, 0.6) is 0 Å². The molecular formula is C16H27NO3. The molecule has 1 rings (SSSR count). The molecule has 1 aliphatic rings. The topological polar surface area (TPSA) is 66.4 Å². The molecule has 0 spiro atoms. The van der Waals surface area contributed by atoms with E-state index in [1.165, 1.54) is 0 Å². The van der Waals surface area contributed by atoms with Crippen LogP contribution >= 0.6 is 0 Å². The van der Waals surface area contributed by atoms with Gasteiger partial charge in [0.05, 0.1) is 11.8 Å². The number of carbonyl (C=O) groups is 2. The predicted octanol–water partition coefficient (Wildman–Crippen LogP) is 2.98. The van der Waals surface area contributed by atoms with E-state index in [0.717, 1.165) is 11.1 Å². The summed E-state index contributed by atoms with van der Waals surface area (Å²) in [6.45, 7) is 12.1. The lowest BCUT2D eigenvalue weighted by Crippen LogP contribution is -2.47. The summed E-state index contributed by atoms with van der Waals surface area (Å²) < 4.78 is 0. The molecule has 0 aromatic rings. The van der Waals surface area contributed by atoms with E-state index < -0.39 is 17.8 Å². The van der Waals surface area contributed by atoms with E-state index in [9.17, 15) is 14.7 Å². The molecule has 4 nitrogen and oxygen atoms in total. The predicted molar refractivity (Wildman–Crippen MR) is 79.3 cm³/mol. The molecule has 4 heteroatoms.